The fraction of sp³-hybridized carbons (Fsp3) is 0.333. The van der Waals surface area contributed by atoms with Crippen LogP contribution >= 0.6 is 0 Å². The third-order valence-corrected chi connectivity index (χ3v) is 5.02. The van der Waals surface area contributed by atoms with Crippen LogP contribution in [0.4, 0.5) is 0 Å². The third-order valence-electron chi connectivity index (χ3n) is 3.62. The van der Waals surface area contributed by atoms with E-state index >= 15 is 0 Å². The maximum absolute atomic E-state index is 12.5. The van der Waals surface area contributed by atoms with Crippen LogP contribution in [0.15, 0.2) is 47.4 Å². The standard InChI is InChI=1S/C18H23NO4S/c1-4-15-12-17(9-10-18(15)22-3)24(20,21)19-13-14-7-6-8-16(11-14)23-5-2/h6-12,19H,4-5,13H2,1-3H3. The van der Waals surface area contributed by atoms with Crippen LogP contribution in [-0.4, -0.2) is 22.1 Å². The number of aryl methyl sites for hydroxylation is 1. The van der Waals surface area contributed by atoms with Gasteiger partial charge in [0.1, 0.15) is 11.5 Å². The van der Waals surface area contributed by atoms with Crippen molar-refractivity contribution in [1.29, 1.82) is 0 Å². The minimum absolute atomic E-state index is 0.205. The Bertz CT molecular complexity index is 787. The zero-order valence-electron chi connectivity index (χ0n) is 14.2. The van der Waals surface area contributed by atoms with Gasteiger partial charge in [0, 0.05) is 6.54 Å². The second-order valence-corrected chi connectivity index (χ2v) is 7.00. The van der Waals surface area contributed by atoms with E-state index in [2.05, 4.69) is 4.72 Å². The number of benzene rings is 2. The van der Waals surface area contributed by atoms with Crippen LogP contribution in [0.2, 0.25) is 0 Å². The molecule has 0 unspecified atom stereocenters. The lowest BCUT2D eigenvalue weighted by atomic mass is 10.1. The first kappa shape index (κ1) is 18.3. The molecule has 0 amide bonds. The normalized spacial score (nSPS) is 11.3. The average molecular weight is 349 g/mol. The van der Waals surface area contributed by atoms with E-state index in [1.807, 2.05) is 38.1 Å². The fourth-order valence-electron chi connectivity index (χ4n) is 2.37. The lowest BCUT2D eigenvalue weighted by molar-refractivity contribution is 0.340. The van der Waals surface area contributed by atoms with Crippen molar-refractivity contribution in [3.05, 3.63) is 53.6 Å². The van der Waals surface area contributed by atoms with Crippen molar-refractivity contribution in [2.45, 2.75) is 31.7 Å². The molecule has 0 radical (unpaired) electrons. The maximum Gasteiger partial charge on any atom is 0.240 e. The number of methoxy groups -OCH3 is 1. The van der Waals surface area contributed by atoms with Crippen molar-refractivity contribution in [3.8, 4) is 11.5 Å². The van der Waals surface area contributed by atoms with Gasteiger partial charge in [-0.3, -0.25) is 0 Å². The van der Waals surface area contributed by atoms with Crippen molar-refractivity contribution in [1.82, 2.24) is 4.72 Å². The van der Waals surface area contributed by atoms with Gasteiger partial charge >= 0.3 is 0 Å². The summed E-state index contributed by atoms with van der Waals surface area (Å²) in [5.41, 5.74) is 1.70. The number of hydrogen-bond acceptors (Lipinski definition) is 4. The first-order valence-electron chi connectivity index (χ1n) is 7.88. The maximum atomic E-state index is 12.5. The zero-order chi connectivity index (χ0) is 17.6. The minimum Gasteiger partial charge on any atom is -0.496 e. The van der Waals surface area contributed by atoms with Gasteiger partial charge in [-0.15, -0.1) is 0 Å². The Morgan fingerprint density at radius 3 is 2.54 bits per heavy atom. The van der Waals surface area contributed by atoms with Crippen molar-refractivity contribution in [2.24, 2.45) is 0 Å². The first-order chi connectivity index (χ1) is 11.5. The highest BCUT2D eigenvalue weighted by Crippen LogP contribution is 2.23. The molecule has 0 saturated carbocycles. The number of nitrogens with one attached hydrogen (secondary N) is 1. The monoisotopic (exact) mass is 349 g/mol. The Kier molecular flexibility index (Phi) is 6.23. The van der Waals surface area contributed by atoms with Gasteiger partial charge in [-0.25, -0.2) is 13.1 Å². The van der Waals surface area contributed by atoms with Crippen molar-refractivity contribution in [3.63, 3.8) is 0 Å². The summed E-state index contributed by atoms with van der Waals surface area (Å²) in [5.74, 6) is 1.42. The van der Waals surface area contributed by atoms with Crippen LogP contribution in [-0.2, 0) is 23.0 Å². The van der Waals surface area contributed by atoms with Crippen LogP contribution < -0.4 is 14.2 Å². The molecule has 2 rings (SSSR count). The number of sulfonamides is 1. The fourth-order valence-corrected chi connectivity index (χ4v) is 3.44. The molecule has 0 bridgehead atoms. The smallest absolute Gasteiger partial charge is 0.240 e. The van der Waals surface area contributed by atoms with Crippen molar-refractivity contribution >= 4 is 10.0 Å². The van der Waals surface area contributed by atoms with E-state index in [1.165, 1.54) is 0 Å². The molecule has 1 N–H and O–H groups in total. The Morgan fingerprint density at radius 1 is 1.08 bits per heavy atom. The summed E-state index contributed by atoms with van der Waals surface area (Å²) in [4.78, 5) is 0.237. The molecule has 130 valence electrons. The molecule has 0 heterocycles. The van der Waals surface area contributed by atoms with Gasteiger partial charge in [0.2, 0.25) is 10.0 Å². The molecular weight excluding hydrogens is 326 g/mol. The minimum atomic E-state index is -3.59. The van der Waals surface area contributed by atoms with E-state index in [1.54, 1.807) is 25.3 Å². The number of hydrogen-bond donors (Lipinski definition) is 1. The number of ether oxygens (including phenoxy) is 2. The Labute approximate surface area is 143 Å². The molecule has 0 aliphatic heterocycles. The van der Waals surface area contributed by atoms with Crippen molar-refractivity contribution in [2.75, 3.05) is 13.7 Å². The molecule has 5 nitrogen and oxygen atoms in total. The van der Waals surface area contributed by atoms with Crippen molar-refractivity contribution < 1.29 is 17.9 Å². The molecule has 0 spiro atoms. The Hall–Kier alpha value is -2.05. The summed E-state index contributed by atoms with van der Waals surface area (Å²) in [6, 6.07) is 12.3. The third kappa shape index (κ3) is 4.49. The molecule has 0 aromatic heterocycles. The second-order valence-electron chi connectivity index (χ2n) is 5.23. The molecule has 2 aromatic rings. The average Bonchev–Trinajstić information content (AvgIpc) is 2.60. The van der Waals surface area contributed by atoms with Crippen LogP contribution in [0.1, 0.15) is 25.0 Å². The summed E-state index contributed by atoms with van der Waals surface area (Å²) >= 11 is 0. The SMILES string of the molecule is CCOc1cccc(CNS(=O)(=O)c2ccc(OC)c(CC)c2)c1. The van der Waals surface area contributed by atoms with Gasteiger partial charge in [0.05, 0.1) is 18.6 Å². The van der Waals surface area contributed by atoms with Gasteiger partial charge in [0.25, 0.3) is 0 Å². The lowest BCUT2D eigenvalue weighted by Crippen LogP contribution is -2.23. The van der Waals surface area contributed by atoms with E-state index in [0.29, 0.717) is 18.8 Å². The van der Waals surface area contributed by atoms with E-state index in [-0.39, 0.29) is 11.4 Å². The van der Waals surface area contributed by atoms with E-state index in [9.17, 15) is 8.42 Å². The van der Waals surface area contributed by atoms with E-state index in [4.69, 9.17) is 9.47 Å². The quantitative estimate of drug-likeness (QED) is 0.795. The molecule has 0 saturated heterocycles. The van der Waals surface area contributed by atoms with E-state index < -0.39 is 10.0 Å². The Morgan fingerprint density at radius 2 is 1.88 bits per heavy atom. The Balaban J connectivity index is 2.15. The highest BCUT2D eigenvalue weighted by atomic mass is 32.2. The molecule has 2 aromatic carbocycles. The van der Waals surface area contributed by atoms with Crippen LogP contribution in [0.5, 0.6) is 11.5 Å². The molecule has 0 fully saturated rings. The van der Waals surface area contributed by atoms with Crippen LogP contribution in [0.3, 0.4) is 0 Å². The van der Waals surface area contributed by atoms with Gasteiger partial charge < -0.3 is 9.47 Å². The largest absolute Gasteiger partial charge is 0.496 e. The molecule has 6 heteroatoms. The highest BCUT2D eigenvalue weighted by molar-refractivity contribution is 7.89. The van der Waals surface area contributed by atoms with Crippen LogP contribution in [0, 0.1) is 0 Å². The molecule has 24 heavy (non-hydrogen) atoms. The second kappa shape index (κ2) is 8.17. The number of rotatable bonds is 8. The molecule has 0 aliphatic carbocycles. The summed E-state index contributed by atoms with van der Waals surface area (Å²) in [5, 5.41) is 0. The van der Waals surface area contributed by atoms with Gasteiger partial charge in [-0.2, -0.15) is 0 Å². The van der Waals surface area contributed by atoms with Gasteiger partial charge in [-0.1, -0.05) is 19.1 Å². The highest BCUT2D eigenvalue weighted by Gasteiger charge is 2.16. The summed E-state index contributed by atoms with van der Waals surface area (Å²) < 4.78 is 38.3. The predicted molar refractivity (Wildman–Crippen MR) is 94.0 cm³/mol. The topological polar surface area (TPSA) is 64.6 Å². The molecular formula is C18H23NO4S. The summed E-state index contributed by atoms with van der Waals surface area (Å²) in [6.07, 6.45) is 0.697. The van der Waals surface area contributed by atoms with Gasteiger partial charge in [-0.05, 0) is 54.8 Å². The first-order valence-corrected chi connectivity index (χ1v) is 9.36. The molecule has 0 aliphatic rings. The van der Waals surface area contributed by atoms with Crippen LogP contribution in [0.25, 0.3) is 0 Å². The van der Waals surface area contributed by atoms with Gasteiger partial charge in [0.15, 0.2) is 0 Å². The summed E-state index contributed by atoms with van der Waals surface area (Å²) in [7, 11) is -2.01. The zero-order valence-corrected chi connectivity index (χ0v) is 15.0. The lowest BCUT2D eigenvalue weighted by Gasteiger charge is -2.11. The molecule has 0 atom stereocenters. The summed E-state index contributed by atoms with van der Waals surface area (Å²) in [6.45, 7) is 4.64. The van der Waals surface area contributed by atoms with E-state index in [0.717, 1.165) is 16.9 Å². The predicted octanol–water partition coefficient (Wildman–Crippen LogP) is 3.13.